The molecule has 0 spiro atoms. The van der Waals surface area contributed by atoms with E-state index in [0.717, 1.165) is 24.2 Å². The quantitative estimate of drug-likeness (QED) is 0.197. The first kappa shape index (κ1) is 25.2. The summed E-state index contributed by atoms with van der Waals surface area (Å²) >= 11 is 0. The monoisotopic (exact) mass is 403 g/mol. The molecule has 0 bridgehead atoms. The topological polar surface area (TPSA) is 66.4 Å². The number of rotatable bonds is 19. The summed E-state index contributed by atoms with van der Waals surface area (Å²) < 4.78 is 0. The zero-order valence-electron chi connectivity index (χ0n) is 18.4. The first-order valence-corrected chi connectivity index (χ1v) is 11.7. The van der Waals surface area contributed by atoms with Crippen LogP contribution in [0.5, 0.6) is 0 Å². The van der Waals surface area contributed by atoms with Gasteiger partial charge in [0.2, 0.25) is 5.78 Å². The Morgan fingerprint density at radius 2 is 1.17 bits per heavy atom. The average molecular weight is 404 g/mol. The van der Waals surface area contributed by atoms with Crippen molar-refractivity contribution in [1.29, 1.82) is 0 Å². The predicted octanol–water partition coefficient (Wildman–Crippen LogP) is 6.78. The minimum Gasteiger partial charge on any atom is -0.475 e. The lowest BCUT2D eigenvalue weighted by Gasteiger charge is -2.07. The van der Waals surface area contributed by atoms with Crippen molar-refractivity contribution in [1.82, 2.24) is 0 Å². The highest BCUT2D eigenvalue weighted by molar-refractivity contribution is 6.33. The number of carboxylic acid groups (broad SMARTS) is 1. The van der Waals surface area contributed by atoms with Crippen molar-refractivity contribution in [3.63, 3.8) is 0 Å². The van der Waals surface area contributed by atoms with Crippen LogP contribution in [-0.4, -0.2) is 23.4 Å². The van der Waals surface area contributed by atoms with Crippen LogP contribution < -0.4 is 5.32 Å². The number of hydrogen-bond acceptors (Lipinski definition) is 3. The summed E-state index contributed by atoms with van der Waals surface area (Å²) in [5.41, 5.74) is 1.76. The molecule has 0 unspecified atom stereocenters. The average Bonchev–Trinajstić information content (AvgIpc) is 2.72. The molecular weight excluding hydrogens is 362 g/mol. The number of carbonyl (C=O) groups is 2. The minimum atomic E-state index is -1.37. The second-order valence-corrected chi connectivity index (χ2v) is 8.12. The minimum absolute atomic E-state index is 0.0471. The van der Waals surface area contributed by atoms with E-state index in [1.54, 1.807) is 0 Å². The third kappa shape index (κ3) is 13.9. The Kier molecular flexibility index (Phi) is 14.8. The third-order valence-electron chi connectivity index (χ3n) is 5.42. The van der Waals surface area contributed by atoms with Gasteiger partial charge in [0.1, 0.15) is 0 Å². The molecule has 0 amide bonds. The first-order valence-electron chi connectivity index (χ1n) is 11.7. The second-order valence-electron chi connectivity index (χ2n) is 8.12. The van der Waals surface area contributed by atoms with E-state index >= 15 is 0 Å². The van der Waals surface area contributed by atoms with Gasteiger partial charge in [0.25, 0.3) is 0 Å². The number of nitrogens with one attached hydrogen (secondary N) is 1. The van der Waals surface area contributed by atoms with Gasteiger partial charge in [-0.1, -0.05) is 103 Å². The lowest BCUT2D eigenvalue weighted by molar-refractivity contribution is -0.148. The SMILES string of the molecule is CCCCCCCCCCCCCCCCNc1ccc(CC(=O)C(=O)O)cc1. The Morgan fingerprint density at radius 3 is 1.62 bits per heavy atom. The fourth-order valence-corrected chi connectivity index (χ4v) is 3.55. The van der Waals surface area contributed by atoms with E-state index in [1.165, 1.54) is 83.5 Å². The highest BCUT2D eigenvalue weighted by atomic mass is 16.4. The van der Waals surface area contributed by atoms with Gasteiger partial charge in [0, 0.05) is 18.7 Å². The highest BCUT2D eigenvalue weighted by Crippen LogP contribution is 2.14. The Labute approximate surface area is 177 Å². The maximum atomic E-state index is 11.2. The van der Waals surface area contributed by atoms with Crippen molar-refractivity contribution in [3.8, 4) is 0 Å². The molecule has 0 aliphatic carbocycles. The molecule has 1 aromatic rings. The largest absolute Gasteiger partial charge is 0.475 e. The van der Waals surface area contributed by atoms with Crippen molar-refractivity contribution >= 4 is 17.4 Å². The molecule has 1 rings (SSSR count). The van der Waals surface area contributed by atoms with Gasteiger partial charge in [0.15, 0.2) is 0 Å². The molecule has 0 aliphatic rings. The number of Topliss-reactive ketones (excluding diaryl/α,β-unsaturated/α-hetero) is 1. The van der Waals surface area contributed by atoms with Crippen LogP contribution in [0.4, 0.5) is 5.69 Å². The van der Waals surface area contributed by atoms with Gasteiger partial charge in [-0.15, -0.1) is 0 Å². The summed E-state index contributed by atoms with van der Waals surface area (Å²) in [6.45, 7) is 3.22. The van der Waals surface area contributed by atoms with Gasteiger partial charge in [-0.2, -0.15) is 0 Å². The molecule has 29 heavy (non-hydrogen) atoms. The van der Waals surface area contributed by atoms with Gasteiger partial charge in [-0.3, -0.25) is 4.79 Å². The lowest BCUT2D eigenvalue weighted by atomic mass is 10.0. The van der Waals surface area contributed by atoms with Crippen molar-refractivity contribution in [2.24, 2.45) is 0 Å². The Balaban J connectivity index is 1.91. The van der Waals surface area contributed by atoms with Crippen LogP contribution in [0, 0.1) is 0 Å². The smallest absolute Gasteiger partial charge is 0.372 e. The molecule has 4 heteroatoms. The number of carboxylic acids is 1. The van der Waals surface area contributed by atoms with E-state index in [9.17, 15) is 9.59 Å². The molecule has 4 nitrogen and oxygen atoms in total. The van der Waals surface area contributed by atoms with Gasteiger partial charge in [-0.05, 0) is 24.1 Å². The van der Waals surface area contributed by atoms with Crippen LogP contribution in [0.15, 0.2) is 24.3 Å². The molecule has 0 aromatic heterocycles. The van der Waals surface area contributed by atoms with Crippen LogP contribution in [0.1, 0.15) is 102 Å². The standard InChI is InChI=1S/C25H41NO3/c1-2-3-4-5-6-7-8-9-10-11-12-13-14-15-20-26-23-18-16-22(17-19-23)21-24(27)25(28)29/h16-19,26H,2-15,20-21H2,1H3,(H,28,29). The summed E-state index contributed by atoms with van der Waals surface area (Å²) in [5.74, 6) is -2.14. The fourth-order valence-electron chi connectivity index (χ4n) is 3.55. The normalized spacial score (nSPS) is 10.8. The zero-order chi connectivity index (χ0) is 21.2. The van der Waals surface area contributed by atoms with Crippen molar-refractivity contribution in [3.05, 3.63) is 29.8 Å². The molecule has 0 saturated heterocycles. The fraction of sp³-hybridized carbons (Fsp3) is 0.680. The van der Waals surface area contributed by atoms with Crippen molar-refractivity contribution < 1.29 is 14.7 Å². The molecule has 0 aliphatic heterocycles. The van der Waals surface area contributed by atoms with E-state index in [-0.39, 0.29) is 6.42 Å². The van der Waals surface area contributed by atoms with Crippen molar-refractivity contribution in [2.45, 2.75) is 103 Å². The highest BCUT2D eigenvalue weighted by Gasteiger charge is 2.11. The van der Waals surface area contributed by atoms with Crippen LogP contribution in [0.25, 0.3) is 0 Å². The maximum Gasteiger partial charge on any atom is 0.372 e. The zero-order valence-corrected chi connectivity index (χ0v) is 18.4. The lowest BCUT2D eigenvalue weighted by Crippen LogP contribution is -2.14. The molecule has 0 saturated carbocycles. The predicted molar refractivity (Wildman–Crippen MR) is 122 cm³/mol. The van der Waals surface area contributed by atoms with E-state index in [0.29, 0.717) is 0 Å². The summed E-state index contributed by atoms with van der Waals surface area (Å²) in [7, 11) is 0. The van der Waals surface area contributed by atoms with Gasteiger partial charge in [-0.25, -0.2) is 4.79 Å². The van der Waals surface area contributed by atoms with Crippen LogP contribution in [-0.2, 0) is 16.0 Å². The third-order valence-corrected chi connectivity index (χ3v) is 5.42. The number of unbranched alkanes of at least 4 members (excludes halogenated alkanes) is 13. The van der Waals surface area contributed by atoms with E-state index in [2.05, 4.69) is 12.2 Å². The molecule has 1 aromatic carbocycles. The second kappa shape index (κ2) is 17.1. The van der Waals surface area contributed by atoms with Gasteiger partial charge >= 0.3 is 5.97 Å². The maximum absolute atomic E-state index is 11.2. The summed E-state index contributed by atoms with van der Waals surface area (Å²) in [6.07, 6.45) is 19.1. The Morgan fingerprint density at radius 1 is 0.724 bits per heavy atom. The van der Waals surface area contributed by atoms with Gasteiger partial charge in [0.05, 0.1) is 0 Å². The first-order chi connectivity index (χ1) is 14.1. The number of anilines is 1. The number of hydrogen-bond donors (Lipinski definition) is 2. The van der Waals surface area contributed by atoms with E-state index in [1.807, 2.05) is 24.3 Å². The number of carbonyl (C=O) groups excluding carboxylic acids is 1. The van der Waals surface area contributed by atoms with Gasteiger partial charge < -0.3 is 10.4 Å². The summed E-state index contributed by atoms with van der Waals surface area (Å²) in [5, 5.41) is 12.0. The van der Waals surface area contributed by atoms with Crippen LogP contribution in [0.3, 0.4) is 0 Å². The molecule has 0 atom stereocenters. The molecule has 0 radical (unpaired) electrons. The molecule has 0 fully saturated rings. The number of aliphatic carboxylic acids is 1. The van der Waals surface area contributed by atoms with Crippen LogP contribution >= 0.6 is 0 Å². The molecule has 164 valence electrons. The summed E-state index contributed by atoms with van der Waals surface area (Å²) in [6, 6.07) is 7.45. The Hall–Kier alpha value is -1.84. The molecule has 2 N–H and O–H groups in total. The van der Waals surface area contributed by atoms with Crippen molar-refractivity contribution in [2.75, 3.05) is 11.9 Å². The summed E-state index contributed by atoms with van der Waals surface area (Å²) in [4.78, 5) is 21.8. The molecular formula is C25H41NO3. The molecule has 0 heterocycles. The Bertz CT molecular complexity index is 554. The van der Waals surface area contributed by atoms with Crippen LogP contribution in [0.2, 0.25) is 0 Å². The van der Waals surface area contributed by atoms with E-state index in [4.69, 9.17) is 5.11 Å². The number of ketones is 1. The number of benzene rings is 1. The van der Waals surface area contributed by atoms with E-state index < -0.39 is 11.8 Å².